The number of methoxy groups -OCH3 is 1. The van der Waals surface area contributed by atoms with Crippen LogP contribution in [0.2, 0.25) is 5.02 Å². The molecule has 1 aliphatic rings. The molecule has 0 aliphatic carbocycles. The summed E-state index contributed by atoms with van der Waals surface area (Å²) < 4.78 is 16.2. The summed E-state index contributed by atoms with van der Waals surface area (Å²) >= 11 is 5.85. The molecule has 0 fully saturated rings. The molecule has 0 amide bonds. The molecule has 0 saturated carbocycles. The Bertz CT molecular complexity index is 1210. The zero-order valence-corrected chi connectivity index (χ0v) is 16.4. The smallest absolute Gasteiger partial charge is 0.343 e. The minimum absolute atomic E-state index is 0.0440. The molecule has 0 bridgehead atoms. The second-order valence-electron chi connectivity index (χ2n) is 6.35. The summed E-state index contributed by atoms with van der Waals surface area (Å²) in [6.45, 7) is 0. The summed E-state index contributed by atoms with van der Waals surface area (Å²) in [4.78, 5) is 22.7. The van der Waals surface area contributed by atoms with E-state index in [0.717, 1.165) is 5.56 Å². The molecule has 2 aromatic carbocycles. The molecule has 0 saturated heterocycles. The third-order valence-electron chi connectivity index (χ3n) is 4.45. The molecule has 0 unspecified atom stereocenters. The van der Waals surface area contributed by atoms with Gasteiger partial charge in [-0.1, -0.05) is 11.6 Å². The summed E-state index contributed by atoms with van der Waals surface area (Å²) in [7, 11) is 1.57. The Labute approximate surface area is 175 Å². The van der Waals surface area contributed by atoms with Crippen molar-refractivity contribution in [3.8, 4) is 17.1 Å². The van der Waals surface area contributed by atoms with Gasteiger partial charge in [-0.2, -0.15) is 0 Å². The van der Waals surface area contributed by atoms with Crippen LogP contribution in [0.4, 0.5) is 5.69 Å². The summed E-state index contributed by atoms with van der Waals surface area (Å²) in [5.74, 6) is 1.44. The van der Waals surface area contributed by atoms with Crippen LogP contribution in [0.15, 0.2) is 70.7 Å². The lowest BCUT2D eigenvalue weighted by molar-refractivity contribution is -0.384. The molecule has 1 aliphatic heterocycles. The van der Waals surface area contributed by atoms with Crippen molar-refractivity contribution in [3.63, 3.8) is 0 Å². The van der Waals surface area contributed by atoms with Gasteiger partial charge in [-0.15, -0.1) is 0 Å². The predicted octanol–water partition coefficient (Wildman–Crippen LogP) is 5.50. The monoisotopic (exact) mass is 423 g/mol. The molecular formula is C22H14ClNO6. The zero-order chi connectivity index (χ0) is 21.3. The van der Waals surface area contributed by atoms with Crippen LogP contribution in [-0.2, 0) is 9.53 Å². The van der Waals surface area contributed by atoms with Gasteiger partial charge >= 0.3 is 5.97 Å². The first kappa shape index (κ1) is 19.5. The van der Waals surface area contributed by atoms with E-state index < -0.39 is 10.9 Å². The highest BCUT2D eigenvalue weighted by Gasteiger charge is 2.23. The van der Waals surface area contributed by atoms with Crippen molar-refractivity contribution in [1.29, 1.82) is 0 Å². The van der Waals surface area contributed by atoms with Crippen LogP contribution in [0.1, 0.15) is 11.3 Å². The van der Waals surface area contributed by atoms with E-state index in [1.165, 1.54) is 12.1 Å². The average molecular weight is 424 g/mol. The molecule has 7 nitrogen and oxygen atoms in total. The van der Waals surface area contributed by atoms with Gasteiger partial charge in [-0.25, -0.2) is 4.79 Å². The maximum atomic E-state index is 12.2. The highest BCUT2D eigenvalue weighted by molar-refractivity contribution is 6.32. The van der Waals surface area contributed by atoms with Gasteiger partial charge in [0.2, 0.25) is 0 Å². The van der Waals surface area contributed by atoms with E-state index in [-0.39, 0.29) is 10.7 Å². The fourth-order valence-corrected chi connectivity index (χ4v) is 3.12. The Balaban J connectivity index is 1.60. The molecular weight excluding hydrogens is 410 g/mol. The van der Waals surface area contributed by atoms with E-state index in [0.29, 0.717) is 34.2 Å². The summed E-state index contributed by atoms with van der Waals surface area (Å²) in [5.41, 5.74) is 1.35. The third kappa shape index (κ3) is 3.83. The van der Waals surface area contributed by atoms with Crippen LogP contribution in [0.25, 0.3) is 23.2 Å². The number of carbonyl (C=O) groups is 1. The summed E-state index contributed by atoms with van der Waals surface area (Å²) in [5, 5.41) is 11.1. The minimum Gasteiger partial charge on any atom is -0.497 e. The van der Waals surface area contributed by atoms with Crippen molar-refractivity contribution in [3.05, 3.63) is 92.7 Å². The fraction of sp³-hybridized carbons (Fsp3) is 0.0455. The van der Waals surface area contributed by atoms with Gasteiger partial charge in [0.25, 0.3) is 5.69 Å². The van der Waals surface area contributed by atoms with Crippen molar-refractivity contribution in [2.45, 2.75) is 0 Å². The molecule has 4 rings (SSSR count). The molecule has 8 heteroatoms. The number of furan rings is 1. The number of carbonyl (C=O) groups excluding carboxylic acids is 1. The molecule has 0 radical (unpaired) electrons. The number of hydrogen-bond donors (Lipinski definition) is 0. The van der Waals surface area contributed by atoms with E-state index in [2.05, 4.69) is 0 Å². The van der Waals surface area contributed by atoms with Gasteiger partial charge in [-0.3, -0.25) is 10.1 Å². The molecule has 0 atom stereocenters. The van der Waals surface area contributed by atoms with Crippen LogP contribution in [0, 0.1) is 10.1 Å². The molecule has 0 N–H and O–H groups in total. The Hall–Kier alpha value is -3.84. The molecule has 1 aromatic heterocycles. The second-order valence-corrected chi connectivity index (χ2v) is 6.76. The molecule has 3 aromatic rings. The number of nitro benzene ring substituents is 1. The van der Waals surface area contributed by atoms with Crippen molar-refractivity contribution in [1.82, 2.24) is 0 Å². The average Bonchev–Trinajstić information content (AvgIpc) is 3.35. The topological polar surface area (TPSA) is 91.8 Å². The Kier molecular flexibility index (Phi) is 5.12. The lowest BCUT2D eigenvalue weighted by Crippen LogP contribution is -1.97. The Morgan fingerprint density at radius 3 is 2.50 bits per heavy atom. The van der Waals surface area contributed by atoms with E-state index in [9.17, 15) is 14.9 Å². The van der Waals surface area contributed by atoms with Crippen LogP contribution >= 0.6 is 11.6 Å². The highest BCUT2D eigenvalue weighted by atomic mass is 35.5. The van der Waals surface area contributed by atoms with E-state index >= 15 is 0 Å². The maximum Gasteiger partial charge on any atom is 0.343 e. The quantitative estimate of drug-likeness (QED) is 0.233. The lowest BCUT2D eigenvalue weighted by atomic mass is 10.1. The van der Waals surface area contributed by atoms with Crippen molar-refractivity contribution in [2.24, 2.45) is 0 Å². The highest BCUT2D eigenvalue weighted by Crippen LogP contribution is 2.33. The number of benzene rings is 2. The van der Waals surface area contributed by atoms with Gasteiger partial charge in [-0.05, 0) is 60.7 Å². The number of esters is 1. The number of hydrogen-bond acceptors (Lipinski definition) is 6. The van der Waals surface area contributed by atoms with Gasteiger partial charge < -0.3 is 13.9 Å². The summed E-state index contributed by atoms with van der Waals surface area (Å²) in [6, 6.07) is 14.8. The number of ether oxygens (including phenoxy) is 2. The van der Waals surface area contributed by atoms with Gasteiger partial charge in [0.05, 0.1) is 17.6 Å². The van der Waals surface area contributed by atoms with Gasteiger partial charge in [0.1, 0.15) is 28.1 Å². The second kappa shape index (κ2) is 7.88. The van der Waals surface area contributed by atoms with Crippen LogP contribution in [-0.4, -0.2) is 18.0 Å². The lowest BCUT2D eigenvalue weighted by Gasteiger charge is -2.03. The van der Waals surface area contributed by atoms with E-state index in [4.69, 9.17) is 25.5 Å². The van der Waals surface area contributed by atoms with Crippen LogP contribution in [0.3, 0.4) is 0 Å². The van der Waals surface area contributed by atoms with Crippen LogP contribution in [0.5, 0.6) is 5.75 Å². The van der Waals surface area contributed by atoms with Crippen molar-refractivity contribution < 1.29 is 23.6 Å². The molecule has 2 heterocycles. The van der Waals surface area contributed by atoms with Crippen molar-refractivity contribution >= 4 is 35.1 Å². The molecule has 30 heavy (non-hydrogen) atoms. The first-order chi connectivity index (χ1) is 14.4. The Morgan fingerprint density at radius 1 is 1.07 bits per heavy atom. The fourth-order valence-electron chi connectivity index (χ4n) is 2.93. The number of nitrogens with zero attached hydrogens (tertiary/aromatic N) is 1. The third-order valence-corrected chi connectivity index (χ3v) is 4.77. The maximum absolute atomic E-state index is 12.2. The van der Waals surface area contributed by atoms with Crippen LogP contribution < -0.4 is 4.74 Å². The first-order valence-corrected chi connectivity index (χ1v) is 9.16. The molecule has 150 valence electrons. The number of halogens is 1. The minimum atomic E-state index is -0.558. The molecule has 0 spiro atoms. The standard InChI is InChI=1S/C22H14ClNO6/c1-28-16-5-2-13(3-6-16)21-12-15(22(25)30-21)10-17-7-9-20(29-17)14-4-8-18(23)19(11-14)24(26)27/h2-12H,1H3/b15-10-. The largest absolute Gasteiger partial charge is 0.497 e. The number of cyclic esters (lactones) is 1. The van der Waals surface area contributed by atoms with Gasteiger partial charge in [0, 0.05) is 17.2 Å². The summed E-state index contributed by atoms with van der Waals surface area (Å²) in [6.07, 6.45) is 3.17. The normalized spacial score (nSPS) is 14.5. The van der Waals surface area contributed by atoms with Crippen molar-refractivity contribution in [2.75, 3.05) is 7.11 Å². The van der Waals surface area contributed by atoms with E-state index in [1.54, 1.807) is 61.7 Å². The van der Waals surface area contributed by atoms with Gasteiger partial charge in [0.15, 0.2) is 0 Å². The zero-order valence-electron chi connectivity index (χ0n) is 15.6. The van der Waals surface area contributed by atoms with E-state index in [1.807, 2.05) is 0 Å². The Morgan fingerprint density at radius 2 is 1.80 bits per heavy atom. The number of nitro groups is 1. The SMILES string of the molecule is COc1ccc(C2=C/C(=C/c3ccc(-c4ccc(Cl)c([N+](=O)[O-])c4)o3)C(=O)O2)cc1. The predicted molar refractivity (Wildman–Crippen MR) is 111 cm³/mol. The number of rotatable bonds is 5. The first-order valence-electron chi connectivity index (χ1n) is 8.79.